The highest BCUT2D eigenvalue weighted by molar-refractivity contribution is 5.97. The maximum atomic E-state index is 14.3. The fourth-order valence-corrected chi connectivity index (χ4v) is 3.63. The number of anilines is 1. The molecule has 8 nitrogen and oxygen atoms in total. The number of halogens is 1. The molecule has 0 radical (unpaired) electrons. The van der Waals surface area contributed by atoms with Crippen LogP contribution in [0.25, 0.3) is 0 Å². The average molecular weight is 438 g/mol. The number of carbonyl (C=O) groups excluding carboxylic acids is 3. The molecule has 0 aliphatic carbocycles. The van der Waals surface area contributed by atoms with Crippen molar-refractivity contribution >= 4 is 23.7 Å². The van der Waals surface area contributed by atoms with E-state index in [-0.39, 0.29) is 17.2 Å². The molecule has 1 N–H and O–H groups in total. The maximum absolute atomic E-state index is 14.3. The van der Waals surface area contributed by atoms with Gasteiger partial charge in [-0.25, -0.2) is 14.0 Å². The number of likely N-dealkylation sites (tertiary alicyclic amines) is 1. The van der Waals surface area contributed by atoms with E-state index in [2.05, 4.69) is 10.1 Å². The minimum atomic E-state index is -0.824. The van der Waals surface area contributed by atoms with Crippen LogP contribution in [0.15, 0.2) is 18.2 Å². The van der Waals surface area contributed by atoms with Gasteiger partial charge in [0, 0.05) is 19.6 Å². The topological polar surface area (TPSA) is 88.2 Å². The van der Waals surface area contributed by atoms with Gasteiger partial charge in [0.25, 0.3) is 0 Å². The Hall–Kier alpha value is -2.68. The van der Waals surface area contributed by atoms with Crippen LogP contribution in [0.1, 0.15) is 44.0 Å². The van der Waals surface area contributed by atoms with Crippen LogP contribution in [0.2, 0.25) is 0 Å². The monoisotopic (exact) mass is 437 g/mol. The van der Waals surface area contributed by atoms with Gasteiger partial charge in [-0.3, -0.25) is 4.79 Å². The predicted octanol–water partition coefficient (Wildman–Crippen LogP) is 3.13. The van der Waals surface area contributed by atoms with E-state index >= 15 is 0 Å². The molecule has 2 amide bonds. The van der Waals surface area contributed by atoms with Crippen LogP contribution in [-0.2, 0) is 14.3 Å². The zero-order valence-electron chi connectivity index (χ0n) is 19.1. The number of rotatable bonds is 5. The molecule has 1 aromatic carbocycles. The number of amides is 2. The molecule has 31 heavy (non-hydrogen) atoms. The molecular weight excluding hydrogens is 405 g/mol. The molecule has 1 heterocycles. The predicted molar refractivity (Wildman–Crippen MR) is 114 cm³/mol. The Kier molecular flexibility index (Phi) is 7.64. The van der Waals surface area contributed by atoms with E-state index < -0.39 is 28.9 Å². The summed E-state index contributed by atoms with van der Waals surface area (Å²) in [5.74, 6) is -1.62. The van der Waals surface area contributed by atoms with Crippen LogP contribution in [-0.4, -0.2) is 74.2 Å². The summed E-state index contributed by atoms with van der Waals surface area (Å²) in [6.07, 6.45) is 0.381. The number of carbonyl (C=O) groups is 3. The van der Waals surface area contributed by atoms with Crippen LogP contribution in [0.5, 0.6) is 0 Å². The van der Waals surface area contributed by atoms with Gasteiger partial charge in [-0.1, -0.05) is 0 Å². The summed E-state index contributed by atoms with van der Waals surface area (Å²) in [6.45, 7) is 6.53. The first-order valence-corrected chi connectivity index (χ1v) is 10.2. The normalized spacial score (nSPS) is 16.1. The van der Waals surface area contributed by atoms with Gasteiger partial charge in [0.2, 0.25) is 5.91 Å². The maximum Gasteiger partial charge on any atom is 0.410 e. The molecule has 0 spiro atoms. The number of hydrogen-bond donors (Lipinski definition) is 1. The molecule has 0 atom stereocenters. The SMILES string of the molecule is COC(=O)c1ccc(F)c(NC(=O)C2(CN(C)C)CCN(C(=O)OC(C)(C)C)CC2)c1. The molecule has 172 valence electrons. The Morgan fingerprint density at radius 2 is 1.81 bits per heavy atom. The molecule has 1 aliphatic heterocycles. The third kappa shape index (κ3) is 6.40. The highest BCUT2D eigenvalue weighted by Gasteiger charge is 2.43. The van der Waals surface area contributed by atoms with Gasteiger partial charge in [-0.05, 0) is 65.9 Å². The number of benzene rings is 1. The Morgan fingerprint density at radius 3 is 2.32 bits per heavy atom. The third-order valence-electron chi connectivity index (χ3n) is 5.11. The Morgan fingerprint density at radius 1 is 1.19 bits per heavy atom. The number of esters is 1. The van der Waals surface area contributed by atoms with Crippen molar-refractivity contribution in [2.24, 2.45) is 5.41 Å². The average Bonchev–Trinajstić information content (AvgIpc) is 2.67. The molecule has 1 saturated heterocycles. The van der Waals surface area contributed by atoms with Crippen LogP contribution in [0.4, 0.5) is 14.9 Å². The van der Waals surface area contributed by atoms with E-state index in [0.717, 1.165) is 6.07 Å². The summed E-state index contributed by atoms with van der Waals surface area (Å²) < 4.78 is 24.4. The molecule has 1 aromatic rings. The summed E-state index contributed by atoms with van der Waals surface area (Å²) >= 11 is 0. The van der Waals surface area contributed by atoms with E-state index in [9.17, 15) is 18.8 Å². The molecule has 1 aliphatic rings. The van der Waals surface area contributed by atoms with Gasteiger partial charge in [0.15, 0.2) is 0 Å². The number of hydrogen-bond acceptors (Lipinski definition) is 6. The molecule has 0 bridgehead atoms. The van der Waals surface area contributed by atoms with E-state index in [1.54, 1.807) is 25.7 Å². The van der Waals surface area contributed by atoms with Gasteiger partial charge >= 0.3 is 12.1 Å². The van der Waals surface area contributed by atoms with Crippen molar-refractivity contribution in [2.75, 3.05) is 46.2 Å². The molecule has 0 aromatic heterocycles. The molecule has 0 saturated carbocycles. The second kappa shape index (κ2) is 9.64. The smallest absolute Gasteiger partial charge is 0.410 e. The number of methoxy groups -OCH3 is 1. The van der Waals surface area contributed by atoms with Crippen molar-refractivity contribution in [3.63, 3.8) is 0 Å². The molecule has 9 heteroatoms. The largest absolute Gasteiger partial charge is 0.465 e. The Balaban J connectivity index is 2.19. The molecule has 0 unspecified atom stereocenters. The zero-order chi connectivity index (χ0) is 23.4. The van der Waals surface area contributed by atoms with Gasteiger partial charge in [-0.2, -0.15) is 0 Å². The van der Waals surface area contributed by atoms with Gasteiger partial charge in [-0.15, -0.1) is 0 Å². The number of nitrogens with one attached hydrogen (secondary N) is 1. The molecule has 2 rings (SSSR count). The fourth-order valence-electron chi connectivity index (χ4n) is 3.63. The highest BCUT2D eigenvalue weighted by Crippen LogP contribution is 2.35. The first kappa shape index (κ1) is 24.6. The van der Waals surface area contributed by atoms with Gasteiger partial charge < -0.3 is 24.6 Å². The molecular formula is C22H32FN3O5. The first-order valence-electron chi connectivity index (χ1n) is 10.2. The van der Waals surface area contributed by atoms with Gasteiger partial charge in [0.05, 0.1) is 23.8 Å². The Bertz CT molecular complexity index is 827. The fraction of sp³-hybridized carbons (Fsp3) is 0.591. The minimum absolute atomic E-state index is 0.0828. The molecule has 1 fully saturated rings. The summed E-state index contributed by atoms with van der Waals surface area (Å²) in [7, 11) is 4.94. The van der Waals surface area contributed by atoms with Crippen molar-refractivity contribution in [1.82, 2.24) is 9.80 Å². The van der Waals surface area contributed by atoms with Gasteiger partial charge in [0.1, 0.15) is 11.4 Å². The van der Waals surface area contributed by atoms with E-state index in [0.29, 0.717) is 32.5 Å². The third-order valence-corrected chi connectivity index (χ3v) is 5.11. The first-order chi connectivity index (χ1) is 14.4. The lowest BCUT2D eigenvalue weighted by Gasteiger charge is -2.42. The van der Waals surface area contributed by atoms with Crippen molar-refractivity contribution in [1.29, 1.82) is 0 Å². The zero-order valence-corrected chi connectivity index (χ0v) is 19.1. The lowest BCUT2D eigenvalue weighted by atomic mass is 9.77. The van der Waals surface area contributed by atoms with Crippen LogP contribution in [0, 0.1) is 11.2 Å². The summed E-state index contributed by atoms with van der Waals surface area (Å²) in [4.78, 5) is 40.9. The number of piperidine rings is 1. The van der Waals surface area contributed by atoms with Crippen molar-refractivity contribution in [3.8, 4) is 0 Å². The van der Waals surface area contributed by atoms with Crippen molar-refractivity contribution in [3.05, 3.63) is 29.6 Å². The van der Waals surface area contributed by atoms with E-state index in [1.807, 2.05) is 19.0 Å². The van der Waals surface area contributed by atoms with Crippen LogP contribution < -0.4 is 5.32 Å². The quantitative estimate of drug-likeness (QED) is 0.712. The number of ether oxygens (including phenoxy) is 2. The lowest BCUT2D eigenvalue weighted by molar-refractivity contribution is -0.129. The summed E-state index contributed by atoms with van der Waals surface area (Å²) in [6, 6.07) is 3.68. The number of nitrogens with zero attached hydrogens (tertiary/aromatic N) is 2. The van der Waals surface area contributed by atoms with Crippen molar-refractivity contribution in [2.45, 2.75) is 39.2 Å². The van der Waals surface area contributed by atoms with Crippen LogP contribution >= 0.6 is 0 Å². The minimum Gasteiger partial charge on any atom is -0.465 e. The summed E-state index contributed by atoms with van der Waals surface area (Å²) in [5.41, 5.74) is -1.37. The standard InChI is InChI=1S/C22H32FN3O5/c1-21(2,3)31-20(29)26-11-9-22(10-12-26,14-25(4)5)19(28)24-17-13-15(18(27)30-6)7-8-16(17)23/h7-8,13H,9-12,14H2,1-6H3,(H,24,28). The van der Waals surface area contributed by atoms with E-state index in [4.69, 9.17) is 4.74 Å². The Labute approximate surface area is 182 Å². The highest BCUT2D eigenvalue weighted by atomic mass is 19.1. The van der Waals surface area contributed by atoms with Crippen molar-refractivity contribution < 1.29 is 28.2 Å². The lowest BCUT2D eigenvalue weighted by Crippen LogP contribution is -2.53. The second-order valence-corrected chi connectivity index (χ2v) is 9.13. The second-order valence-electron chi connectivity index (χ2n) is 9.13. The van der Waals surface area contributed by atoms with E-state index in [1.165, 1.54) is 19.2 Å². The van der Waals surface area contributed by atoms with Crippen LogP contribution in [0.3, 0.4) is 0 Å². The summed E-state index contributed by atoms with van der Waals surface area (Å²) in [5, 5.41) is 2.64.